The van der Waals surface area contributed by atoms with E-state index in [9.17, 15) is 13.6 Å². The molecule has 1 aromatic heterocycles. The van der Waals surface area contributed by atoms with Gasteiger partial charge in [-0.25, -0.2) is 13.8 Å². The van der Waals surface area contributed by atoms with Gasteiger partial charge in [-0.3, -0.25) is 4.79 Å². The third kappa shape index (κ3) is 5.17. The molecular formula is C12H16F2N2O3. The first-order chi connectivity index (χ1) is 9.04. The third-order valence-electron chi connectivity index (χ3n) is 2.28. The first-order valence-electron chi connectivity index (χ1n) is 5.79. The molecule has 0 saturated heterocycles. The van der Waals surface area contributed by atoms with E-state index in [1.54, 1.807) is 6.92 Å². The van der Waals surface area contributed by atoms with Crippen LogP contribution in [0.3, 0.4) is 0 Å². The van der Waals surface area contributed by atoms with Crippen molar-refractivity contribution in [2.24, 2.45) is 5.92 Å². The number of hydrogen-bond donors (Lipinski definition) is 2. The normalized spacial score (nSPS) is 12.3. The number of aliphatic hydroxyl groups is 1. The zero-order valence-electron chi connectivity index (χ0n) is 10.5. The fourth-order valence-corrected chi connectivity index (χ4v) is 1.25. The van der Waals surface area contributed by atoms with E-state index < -0.39 is 18.9 Å². The number of rotatable bonds is 7. The molecule has 1 unspecified atom stereocenters. The van der Waals surface area contributed by atoms with Crippen molar-refractivity contribution in [3.63, 3.8) is 0 Å². The van der Waals surface area contributed by atoms with Crippen LogP contribution < -0.4 is 10.1 Å². The van der Waals surface area contributed by atoms with Crippen LogP contribution in [0.5, 0.6) is 5.88 Å². The van der Waals surface area contributed by atoms with Gasteiger partial charge in [-0.2, -0.15) is 0 Å². The second kappa shape index (κ2) is 7.63. The molecule has 0 saturated carbocycles. The smallest absolute Gasteiger partial charge is 0.272 e. The van der Waals surface area contributed by atoms with Crippen LogP contribution in [0.2, 0.25) is 0 Å². The Kier molecular flexibility index (Phi) is 6.14. The lowest BCUT2D eigenvalue weighted by Gasteiger charge is -2.12. The van der Waals surface area contributed by atoms with Gasteiger partial charge in [0.2, 0.25) is 5.88 Å². The molecule has 2 N–H and O–H groups in total. The Labute approximate surface area is 109 Å². The summed E-state index contributed by atoms with van der Waals surface area (Å²) in [6.07, 6.45) is -1.28. The first-order valence-corrected chi connectivity index (χ1v) is 5.79. The maximum atomic E-state index is 12.1. The molecule has 1 amide bonds. The summed E-state index contributed by atoms with van der Waals surface area (Å²) in [5, 5.41) is 11.4. The molecule has 0 fully saturated rings. The summed E-state index contributed by atoms with van der Waals surface area (Å²) in [6.45, 7) is 1.17. The van der Waals surface area contributed by atoms with Gasteiger partial charge >= 0.3 is 0 Å². The number of aliphatic hydroxyl groups excluding tert-OH is 1. The number of ether oxygens (including phenoxy) is 1. The standard InChI is InChI=1S/C12H16F2N2O3/c1-8(6-17)5-16-11(18)9-3-2-4-15-12(9)19-7-10(13)14/h2-4,8,10,17H,5-7H2,1H3,(H,16,18). The van der Waals surface area contributed by atoms with E-state index in [-0.39, 0.29) is 30.5 Å². The van der Waals surface area contributed by atoms with E-state index in [0.29, 0.717) is 0 Å². The summed E-state index contributed by atoms with van der Waals surface area (Å²) in [6, 6.07) is 2.95. The van der Waals surface area contributed by atoms with Gasteiger partial charge < -0.3 is 15.2 Å². The van der Waals surface area contributed by atoms with Crippen molar-refractivity contribution >= 4 is 5.91 Å². The number of pyridine rings is 1. The summed E-state index contributed by atoms with van der Waals surface area (Å²) >= 11 is 0. The number of nitrogens with one attached hydrogen (secondary N) is 1. The topological polar surface area (TPSA) is 71.5 Å². The molecule has 0 aromatic carbocycles. The average molecular weight is 274 g/mol. The van der Waals surface area contributed by atoms with E-state index >= 15 is 0 Å². The molecule has 5 nitrogen and oxygen atoms in total. The van der Waals surface area contributed by atoms with Crippen LogP contribution in [0.15, 0.2) is 18.3 Å². The summed E-state index contributed by atoms with van der Waals surface area (Å²) in [5.74, 6) is -0.694. The molecule has 7 heteroatoms. The Bertz CT molecular complexity index is 416. The molecule has 0 aliphatic carbocycles. The minimum atomic E-state index is -2.63. The van der Waals surface area contributed by atoms with Crippen LogP contribution in [0.25, 0.3) is 0 Å². The number of carbonyl (C=O) groups is 1. The number of carbonyl (C=O) groups excluding carboxylic acids is 1. The lowest BCUT2D eigenvalue weighted by Crippen LogP contribution is -2.30. The van der Waals surface area contributed by atoms with Crippen LogP contribution in [0.1, 0.15) is 17.3 Å². The molecule has 0 aliphatic rings. The van der Waals surface area contributed by atoms with Crippen molar-refractivity contribution < 1.29 is 23.4 Å². The molecule has 106 valence electrons. The Morgan fingerprint density at radius 3 is 2.95 bits per heavy atom. The molecule has 0 aliphatic heterocycles. The molecule has 0 bridgehead atoms. The highest BCUT2D eigenvalue weighted by Crippen LogP contribution is 2.15. The van der Waals surface area contributed by atoms with E-state index in [4.69, 9.17) is 9.84 Å². The quantitative estimate of drug-likeness (QED) is 0.780. The lowest BCUT2D eigenvalue weighted by atomic mass is 10.2. The summed E-state index contributed by atoms with van der Waals surface area (Å²) in [7, 11) is 0. The number of halogens is 2. The maximum absolute atomic E-state index is 12.1. The highest BCUT2D eigenvalue weighted by molar-refractivity contribution is 5.96. The summed E-state index contributed by atoms with van der Waals surface area (Å²) < 4.78 is 28.9. The van der Waals surface area contributed by atoms with Gasteiger partial charge in [0.1, 0.15) is 5.56 Å². The maximum Gasteiger partial charge on any atom is 0.272 e. The number of amides is 1. The highest BCUT2D eigenvalue weighted by Gasteiger charge is 2.15. The fourth-order valence-electron chi connectivity index (χ4n) is 1.25. The van der Waals surface area contributed by atoms with E-state index in [1.807, 2.05) is 0 Å². The molecule has 0 spiro atoms. The largest absolute Gasteiger partial charge is 0.471 e. The van der Waals surface area contributed by atoms with E-state index in [1.165, 1.54) is 18.3 Å². The molecule has 1 heterocycles. The van der Waals surface area contributed by atoms with Crippen LogP contribution in [0, 0.1) is 5.92 Å². The van der Waals surface area contributed by atoms with E-state index in [0.717, 1.165) is 0 Å². The predicted octanol–water partition coefficient (Wildman–Crippen LogP) is 1.08. The average Bonchev–Trinajstić information content (AvgIpc) is 2.42. The fraction of sp³-hybridized carbons (Fsp3) is 0.500. The van der Waals surface area contributed by atoms with Gasteiger partial charge in [-0.15, -0.1) is 0 Å². The zero-order chi connectivity index (χ0) is 14.3. The number of nitrogens with zero attached hydrogens (tertiary/aromatic N) is 1. The molecule has 1 rings (SSSR count). The second-order valence-corrected chi connectivity index (χ2v) is 4.06. The van der Waals surface area contributed by atoms with Crippen molar-refractivity contribution in [3.8, 4) is 5.88 Å². The first kappa shape index (κ1) is 15.3. The van der Waals surface area contributed by atoms with Crippen LogP contribution in [-0.2, 0) is 0 Å². The Balaban J connectivity index is 2.67. The lowest BCUT2D eigenvalue weighted by molar-refractivity contribution is 0.0771. The van der Waals surface area contributed by atoms with Crippen molar-refractivity contribution in [3.05, 3.63) is 23.9 Å². The van der Waals surface area contributed by atoms with Gasteiger partial charge in [-0.05, 0) is 18.1 Å². The molecule has 19 heavy (non-hydrogen) atoms. The van der Waals surface area contributed by atoms with Gasteiger partial charge in [0, 0.05) is 19.3 Å². The van der Waals surface area contributed by atoms with Crippen LogP contribution in [0.4, 0.5) is 8.78 Å². The van der Waals surface area contributed by atoms with Crippen LogP contribution >= 0.6 is 0 Å². The SMILES string of the molecule is CC(CO)CNC(=O)c1cccnc1OCC(F)F. The minimum Gasteiger partial charge on any atom is -0.471 e. The monoisotopic (exact) mass is 274 g/mol. The van der Waals surface area contributed by atoms with Crippen molar-refractivity contribution in [1.29, 1.82) is 0 Å². The molecule has 1 aromatic rings. The highest BCUT2D eigenvalue weighted by atomic mass is 19.3. The van der Waals surface area contributed by atoms with Gasteiger partial charge in [0.05, 0.1) is 0 Å². The van der Waals surface area contributed by atoms with Gasteiger partial charge in [0.15, 0.2) is 6.61 Å². The summed E-state index contributed by atoms with van der Waals surface area (Å²) in [4.78, 5) is 15.6. The Hall–Kier alpha value is -1.76. The van der Waals surface area contributed by atoms with Crippen LogP contribution in [-0.4, -0.2) is 42.2 Å². The third-order valence-corrected chi connectivity index (χ3v) is 2.28. The molecule has 0 radical (unpaired) electrons. The second-order valence-electron chi connectivity index (χ2n) is 4.06. The Morgan fingerprint density at radius 2 is 2.32 bits per heavy atom. The number of alkyl halides is 2. The summed E-state index contributed by atoms with van der Waals surface area (Å²) in [5.41, 5.74) is 0.0910. The van der Waals surface area contributed by atoms with Crippen molar-refractivity contribution in [1.82, 2.24) is 10.3 Å². The predicted molar refractivity (Wildman–Crippen MR) is 64.3 cm³/mol. The minimum absolute atomic E-state index is 0.0535. The zero-order valence-corrected chi connectivity index (χ0v) is 10.5. The van der Waals surface area contributed by atoms with Gasteiger partial charge in [0.25, 0.3) is 12.3 Å². The Morgan fingerprint density at radius 1 is 1.58 bits per heavy atom. The number of hydrogen-bond acceptors (Lipinski definition) is 4. The van der Waals surface area contributed by atoms with Gasteiger partial charge in [-0.1, -0.05) is 6.92 Å². The number of aromatic nitrogens is 1. The van der Waals surface area contributed by atoms with E-state index in [2.05, 4.69) is 10.3 Å². The molecule has 1 atom stereocenters. The van der Waals surface area contributed by atoms with Crippen molar-refractivity contribution in [2.45, 2.75) is 13.3 Å². The van der Waals surface area contributed by atoms with Crippen molar-refractivity contribution in [2.75, 3.05) is 19.8 Å². The molecular weight excluding hydrogens is 258 g/mol.